The van der Waals surface area contributed by atoms with Crippen LogP contribution in [0.25, 0.3) is 0 Å². The van der Waals surface area contributed by atoms with E-state index < -0.39 is 0 Å². The number of nitrogen functional groups attached to an aromatic ring is 1. The van der Waals surface area contributed by atoms with Crippen molar-refractivity contribution in [1.29, 1.82) is 0 Å². The molecule has 0 unspecified atom stereocenters. The fourth-order valence-corrected chi connectivity index (χ4v) is 2.47. The molecule has 1 aliphatic rings. The van der Waals surface area contributed by atoms with E-state index in [9.17, 15) is 4.79 Å². The summed E-state index contributed by atoms with van der Waals surface area (Å²) in [6.07, 6.45) is 4.67. The molecule has 0 radical (unpaired) electrons. The summed E-state index contributed by atoms with van der Waals surface area (Å²) in [6, 6.07) is 0. The molecule has 2 rings (SSSR count). The molecule has 16 heavy (non-hydrogen) atoms. The number of rotatable bonds is 2. The molecular weight excluding hydrogens is 202 g/mol. The van der Waals surface area contributed by atoms with Crippen LogP contribution in [0.1, 0.15) is 62.8 Å². The SMILES string of the molecule is CC(C)c1c(N)nc(C2CCCC2)[nH]c1=O. The number of hydrogen-bond donors (Lipinski definition) is 2. The minimum Gasteiger partial charge on any atom is -0.383 e. The quantitative estimate of drug-likeness (QED) is 0.803. The minimum atomic E-state index is -0.0654. The van der Waals surface area contributed by atoms with Crippen molar-refractivity contribution in [2.45, 2.75) is 51.4 Å². The molecule has 1 heterocycles. The first-order valence-electron chi connectivity index (χ1n) is 5.99. The summed E-state index contributed by atoms with van der Waals surface area (Å²) in [5.74, 6) is 1.70. The van der Waals surface area contributed by atoms with Gasteiger partial charge in [0.15, 0.2) is 0 Å². The van der Waals surface area contributed by atoms with Gasteiger partial charge in [-0.05, 0) is 18.8 Å². The summed E-state index contributed by atoms with van der Waals surface area (Å²) < 4.78 is 0. The molecule has 1 aromatic heterocycles. The predicted molar refractivity (Wildman–Crippen MR) is 64.6 cm³/mol. The maximum atomic E-state index is 11.9. The fourth-order valence-electron chi connectivity index (χ4n) is 2.47. The van der Waals surface area contributed by atoms with Gasteiger partial charge in [-0.15, -0.1) is 0 Å². The molecule has 1 saturated carbocycles. The molecule has 0 aromatic carbocycles. The van der Waals surface area contributed by atoms with E-state index in [2.05, 4.69) is 9.97 Å². The van der Waals surface area contributed by atoms with Crippen LogP contribution >= 0.6 is 0 Å². The molecule has 0 aliphatic heterocycles. The van der Waals surface area contributed by atoms with Crippen LogP contribution < -0.4 is 11.3 Å². The largest absolute Gasteiger partial charge is 0.383 e. The van der Waals surface area contributed by atoms with Gasteiger partial charge >= 0.3 is 0 Å². The van der Waals surface area contributed by atoms with Crippen molar-refractivity contribution < 1.29 is 0 Å². The van der Waals surface area contributed by atoms with Gasteiger partial charge in [-0.3, -0.25) is 4.79 Å². The lowest BCUT2D eigenvalue weighted by atomic mass is 10.0. The normalized spacial score (nSPS) is 17.2. The molecule has 0 atom stereocenters. The van der Waals surface area contributed by atoms with Crippen LogP contribution in [-0.2, 0) is 0 Å². The van der Waals surface area contributed by atoms with Crippen LogP contribution in [0.3, 0.4) is 0 Å². The van der Waals surface area contributed by atoms with Gasteiger partial charge in [0.1, 0.15) is 11.6 Å². The van der Waals surface area contributed by atoms with Crippen LogP contribution in [0.15, 0.2) is 4.79 Å². The number of H-pyrrole nitrogens is 1. The predicted octanol–water partition coefficient (Wildman–Crippen LogP) is 2.13. The highest BCUT2D eigenvalue weighted by molar-refractivity contribution is 5.40. The van der Waals surface area contributed by atoms with E-state index in [1.54, 1.807) is 0 Å². The van der Waals surface area contributed by atoms with E-state index in [-0.39, 0.29) is 11.5 Å². The topological polar surface area (TPSA) is 71.8 Å². The van der Waals surface area contributed by atoms with E-state index in [1.165, 1.54) is 12.8 Å². The van der Waals surface area contributed by atoms with Crippen molar-refractivity contribution in [3.63, 3.8) is 0 Å². The first-order chi connectivity index (χ1) is 7.59. The zero-order chi connectivity index (χ0) is 11.7. The molecule has 4 heteroatoms. The lowest BCUT2D eigenvalue weighted by Gasteiger charge is -2.12. The number of aromatic nitrogens is 2. The number of anilines is 1. The Morgan fingerprint density at radius 3 is 2.50 bits per heavy atom. The van der Waals surface area contributed by atoms with Crippen molar-refractivity contribution in [3.05, 3.63) is 21.7 Å². The highest BCUT2D eigenvalue weighted by atomic mass is 16.1. The standard InChI is InChI=1S/C12H19N3O/c1-7(2)9-10(13)14-11(15-12(9)16)8-5-3-4-6-8/h7-8H,3-6H2,1-2H3,(H3,13,14,15,16). The highest BCUT2D eigenvalue weighted by Gasteiger charge is 2.21. The Kier molecular flexibility index (Phi) is 2.99. The Morgan fingerprint density at radius 1 is 1.38 bits per heavy atom. The number of nitrogens with one attached hydrogen (secondary N) is 1. The molecular formula is C12H19N3O. The zero-order valence-electron chi connectivity index (χ0n) is 9.92. The maximum absolute atomic E-state index is 11.9. The van der Waals surface area contributed by atoms with Gasteiger partial charge in [-0.1, -0.05) is 26.7 Å². The number of nitrogens with zero attached hydrogens (tertiary/aromatic N) is 1. The minimum absolute atomic E-state index is 0.0654. The molecule has 1 fully saturated rings. The van der Waals surface area contributed by atoms with Crippen LogP contribution in [0.2, 0.25) is 0 Å². The second-order valence-electron chi connectivity index (χ2n) is 4.89. The monoisotopic (exact) mass is 221 g/mol. The molecule has 1 aliphatic carbocycles. The molecule has 4 nitrogen and oxygen atoms in total. The van der Waals surface area contributed by atoms with Gasteiger partial charge in [-0.2, -0.15) is 0 Å². The smallest absolute Gasteiger partial charge is 0.256 e. The number of hydrogen-bond acceptors (Lipinski definition) is 3. The second-order valence-corrected chi connectivity index (χ2v) is 4.89. The van der Waals surface area contributed by atoms with E-state index in [4.69, 9.17) is 5.73 Å². The van der Waals surface area contributed by atoms with Crippen LogP contribution in [0, 0.1) is 0 Å². The number of aromatic amines is 1. The Labute approximate surface area is 95.3 Å². The molecule has 0 amide bonds. The zero-order valence-corrected chi connectivity index (χ0v) is 9.92. The van der Waals surface area contributed by atoms with E-state index in [1.807, 2.05) is 13.8 Å². The molecule has 3 N–H and O–H groups in total. The van der Waals surface area contributed by atoms with Crippen LogP contribution in [-0.4, -0.2) is 9.97 Å². The van der Waals surface area contributed by atoms with Gasteiger partial charge < -0.3 is 10.7 Å². The Balaban J connectivity index is 2.40. The van der Waals surface area contributed by atoms with Gasteiger partial charge in [0.05, 0.1) is 5.56 Å². The Morgan fingerprint density at radius 2 is 2.00 bits per heavy atom. The molecule has 88 valence electrons. The van der Waals surface area contributed by atoms with E-state index in [0.29, 0.717) is 17.3 Å². The number of nitrogens with two attached hydrogens (primary N) is 1. The summed E-state index contributed by atoms with van der Waals surface area (Å²) in [5, 5.41) is 0. The fraction of sp³-hybridized carbons (Fsp3) is 0.667. The van der Waals surface area contributed by atoms with Gasteiger partial charge in [0.25, 0.3) is 5.56 Å². The summed E-state index contributed by atoms with van der Waals surface area (Å²) in [7, 11) is 0. The maximum Gasteiger partial charge on any atom is 0.256 e. The third kappa shape index (κ3) is 1.96. The molecule has 0 spiro atoms. The summed E-state index contributed by atoms with van der Waals surface area (Å²) >= 11 is 0. The highest BCUT2D eigenvalue weighted by Crippen LogP contribution is 2.32. The van der Waals surface area contributed by atoms with Gasteiger partial charge in [0, 0.05) is 5.92 Å². The Bertz CT molecular complexity index is 430. The van der Waals surface area contributed by atoms with Crippen molar-refractivity contribution in [2.24, 2.45) is 0 Å². The van der Waals surface area contributed by atoms with Crippen molar-refractivity contribution in [1.82, 2.24) is 9.97 Å². The summed E-state index contributed by atoms with van der Waals surface area (Å²) in [6.45, 7) is 3.91. The molecule has 0 saturated heterocycles. The molecule has 0 bridgehead atoms. The first kappa shape index (κ1) is 11.2. The average Bonchev–Trinajstić information content (AvgIpc) is 2.67. The summed E-state index contributed by atoms with van der Waals surface area (Å²) in [4.78, 5) is 19.1. The Hall–Kier alpha value is -1.32. The van der Waals surface area contributed by atoms with Crippen molar-refractivity contribution in [3.8, 4) is 0 Å². The lowest BCUT2D eigenvalue weighted by Crippen LogP contribution is -2.21. The third-order valence-corrected chi connectivity index (χ3v) is 3.32. The van der Waals surface area contributed by atoms with Crippen LogP contribution in [0.5, 0.6) is 0 Å². The first-order valence-corrected chi connectivity index (χ1v) is 5.99. The third-order valence-electron chi connectivity index (χ3n) is 3.32. The van der Waals surface area contributed by atoms with Crippen molar-refractivity contribution in [2.75, 3.05) is 5.73 Å². The van der Waals surface area contributed by atoms with E-state index in [0.717, 1.165) is 18.7 Å². The summed E-state index contributed by atoms with van der Waals surface area (Å²) in [5.41, 5.74) is 6.41. The van der Waals surface area contributed by atoms with Crippen LogP contribution in [0.4, 0.5) is 5.82 Å². The van der Waals surface area contributed by atoms with Gasteiger partial charge in [-0.25, -0.2) is 4.98 Å². The average molecular weight is 221 g/mol. The van der Waals surface area contributed by atoms with Crippen molar-refractivity contribution >= 4 is 5.82 Å². The van der Waals surface area contributed by atoms with E-state index >= 15 is 0 Å². The molecule has 1 aromatic rings. The van der Waals surface area contributed by atoms with Gasteiger partial charge in [0.2, 0.25) is 0 Å². The second kappa shape index (κ2) is 4.28. The lowest BCUT2D eigenvalue weighted by molar-refractivity contribution is 0.659.